The van der Waals surface area contributed by atoms with E-state index >= 15 is 0 Å². The summed E-state index contributed by atoms with van der Waals surface area (Å²) in [5.41, 5.74) is 2.37. The summed E-state index contributed by atoms with van der Waals surface area (Å²) in [5, 5.41) is 10.1. The minimum absolute atomic E-state index is 0.175. The van der Waals surface area contributed by atoms with Gasteiger partial charge in [-0.15, -0.1) is 0 Å². The average molecular weight is 316 g/mol. The highest BCUT2D eigenvalue weighted by Gasteiger charge is 2.21. The van der Waals surface area contributed by atoms with Crippen LogP contribution in [-0.4, -0.2) is 11.1 Å². The second kappa shape index (κ2) is 8.79. The molecule has 1 aliphatic rings. The van der Waals surface area contributed by atoms with Crippen LogP contribution in [0, 0.1) is 5.41 Å². The van der Waals surface area contributed by atoms with Crippen molar-refractivity contribution in [2.24, 2.45) is 0 Å². The normalized spacial score (nSPS) is 16.3. The van der Waals surface area contributed by atoms with Gasteiger partial charge in [0.15, 0.2) is 5.17 Å². The number of rotatable bonds is 8. The number of amides is 1. The van der Waals surface area contributed by atoms with Crippen LogP contribution in [0.15, 0.2) is 29.2 Å². The van der Waals surface area contributed by atoms with Crippen LogP contribution in [0.1, 0.15) is 56.6 Å². The molecule has 2 rings (SSSR count). The largest absolute Gasteiger partial charge is 0.301 e. The molecule has 4 heteroatoms. The van der Waals surface area contributed by atoms with Gasteiger partial charge in [-0.2, -0.15) is 0 Å². The fourth-order valence-corrected chi connectivity index (χ4v) is 3.19. The lowest BCUT2D eigenvalue weighted by molar-refractivity contribution is -0.115. The number of aryl methyl sites for hydroxylation is 1. The number of amidine groups is 1. The number of unbranched alkanes of at least 4 members (excludes halogenated alkanes) is 5. The van der Waals surface area contributed by atoms with E-state index in [1.54, 1.807) is 0 Å². The third-order valence-electron chi connectivity index (χ3n) is 3.76. The van der Waals surface area contributed by atoms with E-state index in [2.05, 4.69) is 36.5 Å². The van der Waals surface area contributed by atoms with Gasteiger partial charge < -0.3 is 5.32 Å². The number of hydrogen-bond acceptors (Lipinski definition) is 3. The van der Waals surface area contributed by atoms with Crippen LogP contribution in [0.4, 0.5) is 0 Å². The Morgan fingerprint density at radius 3 is 2.41 bits per heavy atom. The number of benzene rings is 1. The molecule has 1 aromatic rings. The van der Waals surface area contributed by atoms with E-state index in [4.69, 9.17) is 5.41 Å². The molecule has 0 spiro atoms. The quantitative estimate of drug-likeness (QED) is 0.538. The standard InChI is InChI=1S/C18H24N2OS/c1-2-3-4-5-6-7-8-14-9-11-15(12-10-14)13-16-17(21)20-18(19)22-16/h9-13H,2-8H2,1H3,(H2,19,20,21)/b16-13-. The molecular weight excluding hydrogens is 292 g/mol. The van der Waals surface area contributed by atoms with E-state index in [1.165, 1.54) is 55.9 Å². The van der Waals surface area contributed by atoms with Crippen molar-refractivity contribution in [1.82, 2.24) is 5.32 Å². The third kappa shape index (κ3) is 5.34. The summed E-state index contributed by atoms with van der Waals surface area (Å²) in [4.78, 5) is 12.2. The summed E-state index contributed by atoms with van der Waals surface area (Å²) in [6.07, 6.45) is 10.9. The van der Waals surface area contributed by atoms with Crippen LogP contribution in [0.2, 0.25) is 0 Å². The number of carbonyl (C=O) groups excluding carboxylic acids is 1. The number of hydrogen-bond donors (Lipinski definition) is 2. The molecule has 1 amide bonds. The Labute approximate surface area is 137 Å². The Hall–Kier alpha value is -1.55. The Morgan fingerprint density at radius 2 is 1.77 bits per heavy atom. The van der Waals surface area contributed by atoms with Gasteiger partial charge in [0.2, 0.25) is 0 Å². The third-order valence-corrected chi connectivity index (χ3v) is 4.59. The topological polar surface area (TPSA) is 53.0 Å². The second-order valence-electron chi connectivity index (χ2n) is 5.65. The maximum atomic E-state index is 11.6. The molecule has 0 aliphatic carbocycles. The molecule has 1 heterocycles. The Balaban J connectivity index is 1.79. The smallest absolute Gasteiger partial charge is 0.264 e. The molecule has 0 saturated carbocycles. The van der Waals surface area contributed by atoms with Gasteiger partial charge in [-0.3, -0.25) is 10.2 Å². The summed E-state index contributed by atoms with van der Waals surface area (Å²) in [7, 11) is 0. The predicted molar refractivity (Wildman–Crippen MR) is 95.0 cm³/mol. The number of thioether (sulfide) groups is 1. The zero-order chi connectivity index (χ0) is 15.8. The van der Waals surface area contributed by atoms with Crippen molar-refractivity contribution in [3.63, 3.8) is 0 Å². The SMILES string of the molecule is CCCCCCCCc1ccc(/C=C2\SC(=N)NC2=O)cc1. The van der Waals surface area contributed by atoms with Gasteiger partial charge >= 0.3 is 0 Å². The van der Waals surface area contributed by atoms with E-state index < -0.39 is 0 Å². The molecule has 118 valence electrons. The van der Waals surface area contributed by atoms with Crippen molar-refractivity contribution in [3.05, 3.63) is 40.3 Å². The molecule has 1 aliphatic heterocycles. The molecule has 3 nitrogen and oxygen atoms in total. The van der Waals surface area contributed by atoms with Crippen LogP contribution in [-0.2, 0) is 11.2 Å². The minimum atomic E-state index is -0.175. The zero-order valence-electron chi connectivity index (χ0n) is 13.2. The van der Waals surface area contributed by atoms with Crippen molar-refractivity contribution in [2.45, 2.75) is 51.9 Å². The maximum absolute atomic E-state index is 11.6. The molecule has 0 aromatic heterocycles. The summed E-state index contributed by atoms with van der Waals surface area (Å²) in [6.45, 7) is 2.24. The highest BCUT2D eigenvalue weighted by molar-refractivity contribution is 8.18. The first-order valence-electron chi connectivity index (χ1n) is 8.07. The molecule has 0 atom stereocenters. The average Bonchev–Trinajstić information content (AvgIpc) is 2.82. The molecule has 1 fully saturated rings. The lowest BCUT2D eigenvalue weighted by atomic mass is 10.0. The summed E-state index contributed by atoms with van der Waals surface area (Å²) in [5.74, 6) is -0.175. The first kappa shape index (κ1) is 16.8. The van der Waals surface area contributed by atoms with E-state index in [1.807, 2.05) is 6.08 Å². The van der Waals surface area contributed by atoms with Crippen LogP contribution >= 0.6 is 11.8 Å². The van der Waals surface area contributed by atoms with Gasteiger partial charge in [-0.05, 0) is 41.8 Å². The molecule has 1 saturated heterocycles. The van der Waals surface area contributed by atoms with Crippen molar-refractivity contribution in [1.29, 1.82) is 5.41 Å². The molecule has 0 unspecified atom stereocenters. The first-order chi connectivity index (χ1) is 10.7. The molecule has 2 N–H and O–H groups in total. The Morgan fingerprint density at radius 1 is 1.09 bits per heavy atom. The van der Waals surface area contributed by atoms with Gasteiger partial charge in [0.05, 0.1) is 4.91 Å². The number of nitrogens with one attached hydrogen (secondary N) is 2. The molecular formula is C18H24N2OS. The van der Waals surface area contributed by atoms with Crippen LogP contribution in [0.3, 0.4) is 0 Å². The van der Waals surface area contributed by atoms with Crippen LogP contribution < -0.4 is 5.32 Å². The van der Waals surface area contributed by atoms with E-state index in [9.17, 15) is 4.79 Å². The lowest BCUT2D eigenvalue weighted by Gasteiger charge is -2.03. The molecule has 0 radical (unpaired) electrons. The van der Waals surface area contributed by atoms with Crippen molar-refractivity contribution in [2.75, 3.05) is 0 Å². The van der Waals surface area contributed by atoms with Crippen LogP contribution in [0.5, 0.6) is 0 Å². The van der Waals surface area contributed by atoms with E-state index in [0.29, 0.717) is 4.91 Å². The van der Waals surface area contributed by atoms with Crippen molar-refractivity contribution in [3.8, 4) is 0 Å². The summed E-state index contributed by atoms with van der Waals surface area (Å²) in [6, 6.07) is 8.38. The highest BCUT2D eigenvalue weighted by Crippen LogP contribution is 2.25. The van der Waals surface area contributed by atoms with Crippen LogP contribution in [0.25, 0.3) is 6.08 Å². The van der Waals surface area contributed by atoms with Gasteiger partial charge in [0.1, 0.15) is 0 Å². The molecule has 0 bridgehead atoms. The fraction of sp³-hybridized carbons (Fsp3) is 0.444. The zero-order valence-corrected chi connectivity index (χ0v) is 14.0. The number of carbonyl (C=O) groups is 1. The van der Waals surface area contributed by atoms with Crippen molar-refractivity contribution >= 4 is 28.9 Å². The summed E-state index contributed by atoms with van der Waals surface area (Å²) < 4.78 is 0. The van der Waals surface area contributed by atoms with Crippen molar-refractivity contribution < 1.29 is 4.79 Å². The highest BCUT2D eigenvalue weighted by atomic mass is 32.2. The van der Waals surface area contributed by atoms with E-state index in [-0.39, 0.29) is 11.1 Å². The monoisotopic (exact) mass is 316 g/mol. The Bertz CT molecular complexity index is 549. The Kier molecular flexibility index (Phi) is 6.72. The first-order valence-corrected chi connectivity index (χ1v) is 8.89. The minimum Gasteiger partial charge on any atom is -0.301 e. The van der Waals surface area contributed by atoms with Gasteiger partial charge in [-0.25, -0.2) is 0 Å². The van der Waals surface area contributed by atoms with Gasteiger partial charge in [0.25, 0.3) is 5.91 Å². The lowest BCUT2D eigenvalue weighted by Crippen LogP contribution is -2.18. The molecule has 22 heavy (non-hydrogen) atoms. The maximum Gasteiger partial charge on any atom is 0.264 e. The van der Waals surface area contributed by atoms with Gasteiger partial charge in [0, 0.05) is 0 Å². The van der Waals surface area contributed by atoms with Gasteiger partial charge in [-0.1, -0.05) is 63.3 Å². The predicted octanol–water partition coefficient (Wildman–Crippen LogP) is 4.73. The van der Waals surface area contributed by atoms with E-state index in [0.717, 1.165) is 12.0 Å². The summed E-state index contributed by atoms with van der Waals surface area (Å²) >= 11 is 1.18. The second-order valence-corrected chi connectivity index (χ2v) is 6.71. The fourth-order valence-electron chi connectivity index (χ4n) is 2.48. The molecule has 1 aromatic carbocycles.